The van der Waals surface area contributed by atoms with Gasteiger partial charge in [-0.2, -0.15) is 5.26 Å². The molecule has 2 aromatic rings. The largest absolute Gasteiger partial charge is 0.325 e. The molecule has 0 bridgehead atoms. The van der Waals surface area contributed by atoms with E-state index in [4.69, 9.17) is 0 Å². The Morgan fingerprint density at radius 1 is 1.30 bits per heavy atom. The second-order valence-electron chi connectivity index (χ2n) is 6.78. The monoisotopic (exact) mass is 382 g/mol. The fourth-order valence-electron chi connectivity index (χ4n) is 3.28. The van der Waals surface area contributed by atoms with E-state index in [1.165, 1.54) is 18.2 Å². The maximum Gasteiger partial charge on any atom is 0.269 e. The first-order valence-corrected chi connectivity index (χ1v) is 10.1. The molecule has 27 heavy (non-hydrogen) atoms. The van der Waals surface area contributed by atoms with Gasteiger partial charge in [0, 0.05) is 11.6 Å². The maximum atomic E-state index is 12.3. The van der Waals surface area contributed by atoms with Crippen LogP contribution in [0.4, 0.5) is 5.69 Å². The molecule has 140 valence electrons. The van der Waals surface area contributed by atoms with Crippen LogP contribution in [0.25, 0.3) is 0 Å². The molecule has 7 heteroatoms. The third-order valence-corrected chi connectivity index (χ3v) is 5.58. The number of nitrogens with one attached hydrogen (secondary N) is 2. The zero-order valence-corrected chi connectivity index (χ0v) is 16.1. The van der Waals surface area contributed by atoms with Crippen molar-refractivity contribution in [3.63, 3.8) is 0 Å². The number of anilines is 1. The summed E-state index contributed by atoms with van der Waals surface area (Å²) in [5.74, 6) is 0.110. The summed E-state index contributed by atoms with van der Waals surface area (Å²) in [5.41, 5.74) is 2.12. The third kappa shape index (κ3) is 4.98. The first-order valence-electron chi connectivity index (χ1n) is 9.10. The van der Waals surface area contributed by atoms with Crippen LogP contribution < -0.4 is 10.9 Å². The quantitative estimate of drug-likeness (QED) is 0.606. The Kier molecular flexibility index (Phi) is 6.30. The number of carbonyl (C=O) groups is 1. The van der Waals surface area contributed by atoms with E-state index in [0.29, 0.717) is 10.9 Å². The number of thioether (sulfide) groups is 1. The van der Waals surface area contributed by atoms with Gasteiger partial charge < -0.3 is 10.3 Å². The number of amides is 1. The van der Waals surface area contributed by atoms with Gasteiger partial charge in [-0.3, -0.25) is 9.59 Å². The molecule has 0 saturated heterocycles. The lowest BCUT2D eigenvalue weighted by Gasteiger charge is -2.21. The summed E-state index contributed by atoms with van der Waals surface area (Å²) in [6, 6.07) is 9.55. The fraction of sp³-hybridized carbons (Fsp3) is 0.400. The lowest BCUT2D eigenvalue weighted by atomic mass is 9.85. The van der Waals surface area contributed by atoms with Gasteiger partial charge in [0.2, 0.25) is 5.91 Å². The van der Waals surface area contributed by atoms with Gasteiger partial charge in [0.05, 0.1) is 11.4 Å². The number of carbonyl (C=O) groups excluding carboxylic acids is 1. The minimum absolute atomic E-state index is 0.107. The molecule has 1 aromatic heterocycles. The van der Waals surface area contributed by atoms with E-state index in [1.807, 2.05) is 37.3 Å². The van der Waals surface area contributed by atoms with Gasteiger partial charge in [-0.15, -0.1) is 0 Å². The van der Waals surface area contributed by atoms with Gasteiger partial charge in [0.15, 0.2) is 5.16 Å². The van der Waals surface area contributed by atoms with E-state index in [0.717, 1.165) is 36.9 Å². The number of nitriles is 1. The molecule has 1 aliphatic carbocycles. The summed E-state index contributed by atoms with van der Waals surface area (Å²) in [5, 5.41) is 12.6. The van der Waals surface area contributed by atoms with Crippen molar-refractivity contribution in [1.29, 1.82) is 5.26 Å². The van der Waals surface area contributed by atoms with Gasteiger partial charge >= 0.3 is 0 Å². The molecule has 1 amide bonds. The van der Waals surface area contributed by atoms with Crippen molar-refractivity contribution < 1.29 is 4.79 Å². The lowest BCUT2D eigenvalue weighted by Crippen LogP contribution is -2.21. The average molecular weight is 382 g/mol. The zero-order valence-electron chi connectivity index (χ0n) is 15.2. The minimum Gasteiger partial charge on any atom is -0.325 e. The summed E-state index contributed by atoms with van der Waals surface area (Å²) >= 11 is 1.17. The summed E-state index contributed by atoms with van der Waals surface area (Å²) < 4.78 is 0. The standard InChI is InChI=1S/C20H22N4O2S/c1-13-7-9-15(10-8-13)22-17(25)12-27-20-23-18(14-5-3-2-4-6-14)16(11-21)19(26)24-20/h7-10,14H,2-6,12H2,1H3,(H,22,25)(H,23,24,26). The molecule has 1 heterocycles. The number of hydrogen-bond acceptors (Lipinski definition) is 5. The zero-order chi connectivity index (χ0) is 19.2. The van der Waals surface area contributed by atoms with Crippen molar-refractivity contribution in [1.82, 2.24) is 9.97 Å². The number of aromatic nitrogens is 2. The van der Waals surface area contributed by atoms with Crippen LogP contribution in [-0.4, -0.2) is 21.6 Å². The van der Waals surface area contributed by atoms with Crippen LogP contribution in [0, 0.1) is 18.3 Å². The molecule has 3 rings (SSSR count). The number of rotatable bonds is 5. The molecule has 6 nitrogen and oxygen atoms in total. The van der Waals surface area contributed by atoms with E-state index in [2.05, 4.69) is 15.3 Å². The molecule has 1 fully saturated rings. The molecule has 1 aliphatic rings. The van der Waals surface area contributed by atoms with Crippen molar-refractivity contribution in [3.05, 3.63) is 51.4 Å². The predicted molar refractivity (Wildman–Crippen MR) is 106 cm³/mol. The van der Waals surface area contributed by atoms with Crippen LogP contribution in [0.5, 0.6) is 0 Å². The Labute approximate surface area is 162 Å². The Hall–Kier alpha value is -2.59. The lowest BCUT2D eigenvalue weighted by molar-refractivity contribution is -0.113. The highest BCUT2D eigenvalue weighted by Crippen LogP contribution is 2.33. The molecule has 0 aliphatic heterocycles. The molecule has 0 radical (unpaired) electrons. The first kappa shape index (κ1) is 19.2. The number of hydrogen-bond donors (Lipinski definition) is 2. The van der Waals surface area contributed by atoms with Gasteiger partial charge in [-0.1, -0.05) is 48.7 Å². The van der Waals surface area contributed by atoms with E-state index >= 15 is 0 Å². The molecule has 2 N–H and O–H groups in total. The Balaban J connectivity index is 1.70. The predicted octanol–water partition coefficient (Wildman–Crippen LogP) is 3.73. The van der Waals surface area contributed by atoms with Crippen LogP contribution in [-0.2, 0) is 4.79 Å². The number of nitrogens with zero attached hydrogens (tertiary/aromatic N) is 2. The maximum absolute atomic E-state index is 12.3. The molecular weight excluding hydrogens is 360 g/mol. The van der Waals surface area contributed by atoms with Crippen molar-refractivity contribution in [3.8, 4) is 6.07 Å². The van der Waals surface area contributed by atoms with Crippen molar-refractivity contribution in [2.45, 2.75) is 50.1 Å². The second-order valence-corrected chi connectivity index (χ2v) is 7.74. The van der Waals surface area contributed by atoms with Gasteiger partial charge in [-0.25, -0.2) is 4.98 Å². The highest BCUT2D eigenvalue weighted by Gasteiger charge is 2.23. The normalized spacial score (nSPS) is 14.5. The molecule has 1 aromatic carbocycles. The van der Waals surface area contributed by atoms with Crippen LogP contribution in [0.2, 0.25) is 0 Å². The van der Waals surface area contributed by atoms with E-state index < -0.39 is 5.56 Å². The first-order chi connectivity index (χ1) is 13.1. The Bertz CT molecular complexity index is 909. The van der Waals surface area contributed by atoms with Gasteiger partial charge in [0.1, 0.15) is 11.6 Å². The third-order valence-electron chi connectivity index (χ3n) is 4.70. The van der Waals surface area contributed by atoms with Crippen molar-refractivity contribution in [2.75, 3.05) is 11.1 Å². The average Bonchev–Trinajstić information content (AvgIpc) is 2.68. The smallest absolute Gasteiger partial charge is 0.269 e. The van der Waals surface area contributed by atoms with Crippen LogP contribution >= 0.6 is 11.8 Å². The molecule has 0 spiro atoms. The number of aryl methyl sites for hydroxylation is 1. The van der Waals surface area contributed by atoms with Crippen molar-refractivity contribution >= 4 is 23.4 Å². The number of aromatic amines is 1. The van der Waals surface area contributed by atoms with Crippen LogP contribution in [0.3, 0.4) is 0 Å². The highest BCUT2D eigenvalue weighted by atomic mass is 32.2. The molecule has 0 unspecified atom stereocenters. The second kappa shape index (κ2) is 8.87. The Morgan fingerprint density at radius 3 is 2.67 bits per heavy atom. The van der Waals surface area contributed by atoms with E-state index in [-0.39, 0.29) is 23.1 Å². The van der Waals surface area contributed by atoms with Gasteiger partial charge in [-0.05, 0) is 31.9 Å². The SMILES string of the molecule is Cc1ccc(NC(=O)CSc2nc(C3CCCCC3)c(C#N)c(=O)[nH]2)cc1. The molecule has 0 atom stereocenters. The topological polar surface area (TPSA) is 98.6 Å². The summed E-state index contributed by atoms with van der Waals surface area (Å²) in [6.45, 7) is 1.98. The fourth-order valence-corrected chi connectivity index (χ4v) is 3.95. The van der Waals surface area contributed by atoms with Crippen LogP contribution in [0.15, 0.2) is 34.2 Å². The highest BCUT2D eigenvalue weighted by molar-refractivity contribution is 7.99. The van der Waals surface area contributed by atoms with E-state index in [9.17, 15) is 14.9 Å². The molecule has 1 saturated carbocycles. The molecular formula is C20H22N4O2S. The van der Waals surface area contributed by atoms with E-state index in [1.54, 1.807) is 0 Å². The van der Waals surface area contributed by atoms with Crippen LogP contribution in [0.1, 0.15) is 54.8 Å². The summed E-state index contributed by atoms with van der Waals surface area (Å²) in [6.07, 6.45) is 5.26. The number of H-pyrrole nitrogens is 1. The summed E-state index contributed by atoms with van der Waals surface area (Å²) in [4.78, 5) is 31.6. The van der Waals surface area contributed by atoms with Crippen molar-refractivity contribution in [2.24, 2.45) is 0 Å². The number of benzene rings is 1. The summed E-state index contributed by atoms with van der Waals surface area (Å²) in [7, 11) is 0. The van der Waals surface area contributed by atoms with Gasteiger partial charge in [0.25, 0.3) is 5.56 Å². The Morgan fingerprint density at radius 2 is 2.00 bits per heavy atom. The minimum atomic E-state index is -0.422.